The van der Waals surface area contributed by atoms with Crippen molar-refractivity contribution in [3.63, 3.8) is 0 Å². The zero-order valence-corrected chi connectivity index (χ0v) is 15.1. The van der Waals surface area contributed by atoms with Crippen molar-refractivity contribution in [2.24, 2.45) is 5.92 Å². The maximum atomic E-state index is 11.2. The second kappa shape index (κ2) is 6.20. The molecule has 4 rings (SSSR count). The number of halogens is 3. The van der Waals surface area contributed by atoms with Crippen molar-refractivity contribution >= 4 is 46.2 Å². The molecule has 0 spiro atoms. The third-order valence-electron chi connectivity index (χ3n) is 4.94. The molecule has 25 heavy (non-hydrogen) atoms. The average molecular weight is 396 g/mol. The molecule has 0 amide bonds. The van der Waals surface area contributed by atoms with Gasteiger partial charge in [-0.05, 0) is 36.1 Å². The van der Waals surface area contributed by atoms with Gasteiger partial charge in [-0.2, -0.15) is 0 Å². The Hall–Kier alpha value is -1.75. The van der Waals surface area contributed by atoms with Crippen LogP contribution in [0.1, 0.15) is 29.5 Å². The van der Waals surface area contributed by atoms with E-state index in [2.05, 4.69) is 17.5 Å². The minimum absolute atomic E-state index is 0.0912. The third-order valence-corrected chi connectivity index (χ3v) is 5.91. The molecule has 0 fully saturated rings. The van der Waals surface area contributed by atoms with Crippen molar-refractivity contribution in [2.75, 3.05) is 5.32 Å². The summed E-state index contributed by atoms with van der Waals surface area (Å²) < 4.78 is 0. The van der Waals surface area contributed by atoms with Crippen molar-refractivity contribution in [2.45, 2.75) is 18.4 Å². The number of nitro groups is 1. The highest BCUT2D eigenvalue weighted by atomic mass is 35.5. The predicted octanol–water partition coefficient (Wildman–Crippen LogP) is 6.38. The summed E-state index contributed by atoms with van der Waals surface area (Å²) in [5.74, 6) is 0.339. The number of fused-ring (bicyclic) bond motifs is 3. The number of nitrogens with zero attached hydrogens (tertiary/aromatic N) is 1. The van der Waals surface area contributed by atoms with E-state index in [0.29, 0.717) is 10.0 Å². The summed E-state index contributed by atoms with van der Waals surface area (Å²) in [4.78, 5) is 10.8. The summed E-state index contributed by atoms with van der Waals surface area (Å²) >= 11 is 18.8. The van der Waals surface area contributed by atoms with Crippen LogP contribution in [-0.2, 0) is 0 Å². The first kappa shape index (κ1) is 16.7. The maximum Gasteiger partial charge on any atom is 0.288 e. The number of allylic oxidation sites excluding steroid dienone is 2. The third kappa shape index (κ3) is 2.69. The summed E-state index contributed by atoms with van der Waals surface area (Å²) in [6.07, 6.45) is 5.13. The largest absolute Gasteiger partial charge is 0.376 e. The van der Waals surface area contributed by atoms with Gasteiger partial charge in [-0.25, -0.2) is 0 Å². The Morgan fingerprint density at radius 2 is 1.80 bits per heavy atom. The van der Waals surface area contributed by atoms with E-state index in [9.17, 15) is 10.1 Å². The molecule has 0 radical (unpaired) electrons. The molecule has 2 aliphatic rings. The molecule has 3 atom stereocenters. The first-order valence-corrected chi connectivity index (χ1v) is 8.95. The molecule has 0 saturated carbocycles. The van der Waals surface area contributed by atoms with Gasteiger partial charge in [-0.15, -0.1) is 0 Å². The van der Waals surface area contributed by atoms with Crippen molar-refractivity contribution in [3.8, 4) is 0 Å². The van der Waals surface area contributed by atoms with Gasteiger partial charge in [0, 0.05) is 22.6 Å². The van der Waals surface area contributed by atoms with Crippen LogP contribution in [0.5, 0.6) is 0 Å². The van der Waals surface area contributed by atoms with Gasteiger partial charge in [0.05, 0.1) is 21.7 Å². The van der Waals surface area contributed by atoms with Gasteiger partial charge in [-0.1, -0.05) is 53.0 Å². The van der Waals surface area contributed by atoms with Crippen molar-refractivity contribution < 1.29 is 4.92 Å². The lowest BCUT2D eigenvalue weighted by Crippen LogP contribution is -2.29. The second-order valence-electron chi connectivity index (χ2n) is 6.26. The highest BCUT2D eigenvalue weighted by molar-refractivity contribution is 6.36. The van der Waals surface area contributed by atoms with E-state index in [1.165, 1.54) is 0 Å². The Kier molecular flexibility index (Phi) is 4.14. The second-order valence-corrected chi connectivity index (χ2v) is 7.48. The fourth-order valence-electron chi connectivity index (χ4n) is 3.82. The highest BCUT2D eigenvalue weighted by Gasteiger charge is 2.40. The van der Waals surface area contributed by atoms with E-state index in [-0.39, 0.29) is 28.6 Å². The van der Waals surface area contributed by atoms with E-state index >= 15 is 0 Å². The normalized spacial score (nSPS) is 23.7. The van der Waals surface area contributed by atoms with E-state index in [1.54, 1.807) is 24.3 Å². The Labute approximate surface area is 159 Å². The molecule has 1 aliphatic heterocycles. The van der Waals surface area contributed by atoms with E-state index in [4.69, 9.17) is 34.8 Å². The van der Waals surface area contributed by atoms with Gasteiger partial charge < -0.3 is 5.32 Å². The van der Waals surface area contributed by atoms with Crippen molar-refractivity contribution in [1.29, 1.82) is 0 Å². The lowest BCUT2D eigenvalue weighted by molar-refractivity contribution is -0.384. The zero-order valence-electron chi connectivity index (χ0n) is 12.9. The number of hydrogen-bond acceptors (Lipinski definition) is 3. The van der Waals surface area contributed by atoms with Crippen LogP contribution >= 0.6 is 34.8 Å². The smallest absolute Gasteiger partial charge is 0.288 e. The van der Waals surface area contributed by atoms with Crippen LogP contribution in [0.3, 0.4) is 0 Å². The minimum atomic E-state index is -0.461. The number of hydrogen-bond donors (Lipinski definition) is 1. The van der Waals surface area contributed by atoms with Crippen molar-refractivity contribution in [3.05, 3.63) is 78.8 Å². The van der Waals surface area contributed by atoms with Crippen LogP contribution in [0.25, 0.3) is 0 Å². The molecule has 0 aromatic heterocycles. The molecule has 1 aliphatic carbocycles. The summed E-state index contributed by atoms with van der Waals surface area (Å²) in [6, 6.07) is 8.39. The molecule has 2 aromatic carbocycles. The van der Waals surface area contributed by atoms with Crippen LogP contribution in [0, 0.1) is 16.0 Å². The monoisotopic (exact) mass is 394 g/mol. The molecule has 128 valence electrons. The maximum absolute atomic E-state index is 11.2. The van der Waals surface area contributed by atoms with Crippen LogP contribution in [-0.4, -0.2) is 4.92 Å². The number of rotatable bonds is 2. The topological polar surface area (TPSA) is 55.2 Å². The van der Waals surface area contributed by atoms with Gasteiger partial charge in [0.1, 0.15) is 5.02 Å². The van der Waals surface area contributed by atoms with Crippen LogP contribution in [0.4, 0.5) is 11.4 Å². The lowest BCUT2D eigenvalue weighted by Gasteiger charge is -2.38. The fourth-order valence-corrected chi connectivity index (χ4v) is 4.51. The molecule has 4 nitrogen and oxygen atoms in total. The summed E-state index contributed by atoms with van der Waals surface area (Å²) in [5.41, 5.74) is 2.51. The summed E-state index contributed by atoms with van der Waals surface area (Å²) in [5, 5.41) is 16.1. The van der Waals surface area contributed by atoms with E-state index in [0.717, 1.165) is 23.2 Å². The lowest BCUT2D eigenvalue weighted by atomic mass is 9.77. The minimum Gasteiger partial charge on any atom is -0.376 e. The Morgan fingerprint density at radius 1 is 1.08 bits per heavy atom. The average Bonchev–Trinajstić information content (AvgIpc) is 3.07. The SMILES string of the molecule is O=[N+]([O-])c1cc([C@@H]2Nc3c(Cl)ccc(Cl)c3[C@H]3C=CC[C@H]32)ccc1Cl. The number of nitrogens with one attached hydrogen (secondary N) is 1. The number of benzene rings is 2. The predicted molar refractivity (Wildman–Crippen MR) is 101 cm³/mol. The molecule has 1 N–H and O–H groups in total. The molecular weight excluding hydrogens is 383 g/mol. The Morgan fingerprint density at radius 3 is 2.56 bits per heavy atom. The summed E-state index contributed by atoms with van der Waals surface area (Å²) in [6.45, 7) is 0. The molecule has 1 heterocycles. The molecule has 0 bridgehead atoms. The van der Waals surface area contributed by atoms with Gasteiger partial charge in [0.25, 0.3) is 5.69 Å². The van der Waals surface area contributed by atoms with Gasteiger partial charge >= 0.3 is 0 Å². The van der Waals surface area contributed by atoms with Crippen molar-refractivity contribution in [1.82, 2.24) is 0 Å². The molecular formula is C18H13Cl3N2O2. The quantitative estimate of drug-likeness (QED) is 0.364. The first-order valence-electron chi connectivity index (χ1n) is 7.82. The highest BCUT2D eigenvalue weighted by Crippen LogP contribution is 2.53. The number of anilines is 1. The molecule has 2 aromatic rings. The number of nitro benzene ring substituents is 1. The molecule has 0 saturated heterocycles. The zero-order chi connectivity index (χ0) is 17.7. The Balaban J connectivity index is 1.84. The van der Waals surface area contributed by atoms with Gasteiger partial charge in [0.15, 0.2) is 0 Å². The Bertz CT molecular complexity index is 913. The molecule has 7 heteroatoms. The van der Waals surface area contributed by atoms with Gasteiger partial charge in [0.2, 0.25) is 0 Å². The standard InChI is InChI=1S/C18H13Cl3N2O2/c19-12-5-4-9(8-15(12)23(24)25)17-11-3-1-2-10(11)16-13(20)6-7-14(21)18(16)22-17/h1-2,4-8,10-11,17,22H,3H2/t10-,11+,17-/m0/s1. The van der Waals surface area contributed by atoms with Crippen LogP contribution in [0.2, 0.25) is 15.1 Å². The van der Waals surface area contributed by atoms with Gasteiger partial charge in [-0.3, -0.25) is 10.1 Å². The van der Waals surface area contributed by atoms with Crippen LogP contribution < -0.4 is 5.32 Å². The molecule has 0 unspecified atom stereocenters. The fraction of sp³-hybridized carbons (Fsp3) is 0.222. The first-order chi connectivity index (χ1) is 12.0. The van der Waals surface area contributed by atoms with Crippen LogP contribution in [0.15, 0.2) is 42.5 Å². The summed E-state index contributed by atoms with van der Waals surface area (Å²) in [7, 11) is 0. The van der Waals surface area contributed by atoms with E-state index in [1.807, 2.05) is 6.07 Å². The van der Waals surface area contributed by atoms with E-state index < -0.39 is 4.92 Å².